The van der Waals surface area contributed by atoms with E-state index in [-0.39, 0.29) is 9.47 Å². The van der Waals surface area contributed by atoms with Crippen molar-refractivity contribution >= 4 is 26.3 Å². The molecule has 0 aliphatic carbocycles. The molecule has 8 heteroatoms. The van der Waals surface area contributed by atoms with Gasteiger partial charge in [-0.3, -0.25) is 0 Å². The van der Waals surface area contributed by atoms with Gasteiger partial charge in [-0.2, -0.15) is 0 Å². The van der Waals surface area contributed by atoms with Gasteiger partial charge < -0.3 is 11.5 Å². The summed E-state index contributed by atoms with van der Waals surface area (Å²) in [5, 5.41) is 6.80. The summed E-state index contributed by atoms with van der Waals surface area (Å²) in [4.78, 5) is 0. The second kappa shape index (κ2) is 2.72. The van der Waals surface area contributed by atoms with E-state index in [9.17, 15) is 8.42 Å². The second-order valence-electron chi connectivity index (χ2n) is 1.69. The molecule has 0 bridgehead atoms. The van der Waals surface area contributed by atoms with Crippen molar-refractivity contribution in [1.29, 1.82) is 0 Å². The Hall–Kier alpha value is -0.730. The summed E-state index contributed by atoms with van der Waals surface area (Å²) in [6, 6.07) is 0. The van der Waals surface area contributed by atoms with Gasteiger partial charge in [0.05, 0.1) is 0 Å². The third-order valence-electron chi connectivity index (χ3n) is 0.908. The number of nitrogens with two attached hydrogens (primary N) is 2. The third kappa shape index (κ3) is 1.64. The molecule has 0 aliphatic rings. The Balaban J connectivity index is 3.13. The minimum Gasteiger partial charge on any atom is -0.374 e. The van der Waals surface area contributed by atoms with Crippen molar-refractivity contribution < 1.29 is 8.42 Å². The fraction of sp³-hybridized carbons (Fsp3) is 0.333. The molecule has 11 heavy (non-hydrogen) atoms. The van der Waals surface area contributed by atoms with E-state index in [1.165, 1.54) is 0 Å². The first-order chi connectivity index (χ1) is 5.06. The van der Waals surface area contributed by atoms with Crippen LogP contribution >= 0.6 is 11.3 Å². The summed E-state index contributed by atoms with van der Waals surface area (Å²) < 4.78 is 21.8. The minimum absolute atomic E-state index is 0.122. The smallest absolute Gasteiger partial charge is 0.235 e. The van der Waals surface area contributed by atoms with Gasteiger partial charge in [-0.1, -0.05) is 11.3 Å². The molecule has 62 valence electrons. The van der Waals surface area contributed by atoms with E-state index >= 15 is 0 Å². The Labute approximate surface area is 67.1 Å². The lowest BCUT2D eigenvalue weighted by Crippen LogP contribution is -2.14. The number of nitrogen functional groups attached to an aromatic ring is 1. The van der Waals surface area contributed by atoms with Crippen LogP contribution in [-0.2, 0) is 9.84 Å². The maximum Gasteiger partial charge on any atom is 0.235 e. The lowest BCUT2D eigenvalue weighted by molar-refractivity contribution is 0.594. The van der Waals surface area contributed by atoms with Crippen molar-refractivity contribution in [2.24, 2.45) is 5.73 Å². The van der Waals surface area contributed by atoms with E-state index in [0.29, 0.717) is 0 Å². The number of anilines is 1. The average molecular weight is 194 g/mol. The molecule has 1 aromatic rings. The van der Waals surface area contributed by atoms with E-state index in [2.05, 4.69) is 10.2 Å². The highest BCUT2D eigenvalue weighted by Crippen LogP contribution is 2.16. The first kappa shape index (κ1) is 8.37. The van der Waals surface area contributed by atoms with Crippen molar-refractivity contribution in [2.45, 2.75) is 4.34 Å². The summed E-state index contributed by atoms with van der Waals surface area (Å²) in [7, 11) is -3.43. The molecule has 0 aliphatic heterocycles. The molecular formula is C3H6N4O2S2. The topological polar surface area (TPSA) is 112 Å². The van der Waals surface area contributed by atoms with Crippen LogP contribution in [0.15, 0.2) is 4.34 Å². The molecule has 0 fully saturated rings. The summed E-state index contributed by atoms with van der Waals surface area (Å²) in [6.07, 6.45) is 0. The molecule has 0 spiro atoms. The Morgan fingerprint density at radius 2 is 2.09 bits per heavy atom. The number of hydrogen-bond acceptors (Lipinski definition) is 7. The van der Waals surface area contributed by atoms with Gasteiger partial charge in [0.25, 0.3) is 0 Å². The molecule has 0 saturated carbocycles. The van der Waals surface area contributed by atoms with Crippen molar-refractivity contribution in [2.75, 3.05) is 11.6 Å². The maximum atomic E-state index is 10.9. The highest BCUT2D eigenvalue weighted by molar-refractivity contribution is 7.93. The third-order valence-corrected chi connectivity index (χ3v) is 3.52. The van der Waals surface area contributed by atoms with Gasteiger partial charge in [0.2, 0.25) is 19.3 Å². The number of aromatic nitrogens is 2. The van der Waals surface area contributed by atoms with Crippen molar-refractivity contribution in [3.05, 3.63) is 0 Å². The van der Waals surface area contributed by atoms with Gasteiger partial charge in [-0.15, -0.1) is 10.2 Å². The van der Waals surface area contributed by atoms with Crippen LogP contribution in [0.1, 0.15) is 0 Å². The molecule has 0 atom stereocenters. The van der Waals surface area contributed by atoms with Crippen molar-refractivity contribution in [1.82, 2.24) is 10.2 Å². The van der Waals surface area contributed by atoms with Gasteiger partial charge in [-0.05, 0) is 0 Å². The first-order valence-electron chi connectivity index (χ1n) is 2.58. The molecule has 0 aromatic carbocycles. The van der Waals surface area contributed by atoms with Crippen LogP contribution in [0.4, 0.5) is 5.13 Å². The van der Waals surface area contributed by atoms with Gasteiger partial charge in [0.1, 0.15) is 5.88 Å². The summed E-state index contributed by atoms with van der Waals surface area (Å²) in [6.45, 7) is 0. The number of sulfone groups is 1. The molecule has 0 radical (unpaired) electrons. The predicted octanol–water partition coefficient (Wildman–Crippen LogP) is -1.19. The zero-order chi connectivity index (χ0) is 8.48. The van der Waals surface area contributed by atoms with Crippen LogP contribution in [0.5, 0.6) is 0 Å². The van der Waals surface area contributed by atoms with E-state index in [1.807, 2.05) is 0 Å². The Bertz CT molecular complexity index is 342. The molecule has 6 nitrogen and oxygen atoms in total. The Morgan fingerprint density at radius 1 is 1.45 bits per heavy atom. The summed E-state index contributed by atoms with van der Waals surface area (Å²) in [5.41, 5.74) is 10.1. The van der Waals surface area contributed by atoms with E-state index in [1.54, 1.807) is 0 Å². The maximum absolute atomic E-state index is 10.9. The molecule has 1 aromatic heterocycles. The van der Waals surface area contributed by atoms with E-state index in [4.69, 9.17) is 11.5 Å². The molecule has 0 saturated heterocycles. The minimum atomic E-state index is -3.43. The molecule has 1 heterocycles. The summed E-state index contributed by atoms with van der Waals surface area (Å²) >= 11 is 0.807. The molecule has 1 rings (SSSR count). The fourth-order valence-corrected chi connectivity index (χ4v) is 2.04. The van der Waals surface area contributed by atoms with Gasteiger partial charge in [0, 0.05) is 0 Å². The lowest BCUT2D eigenvalue weighted by Gasteiger charge is -1.90. The molecule has 0 unspecified atom stereocenters. The lowest BCUT2D eigenvalue weighted by atomic mass is 11.3. The standard InChI is InChI=1S/C3H6N4O2S2/c4-1-11(8,9)3-7-6-2(5)10-3/h1,4H2,(H2,5,6). The Kier molecular flexibility index (Phi) is 2.07. The Morgan fingerprint density at radius 3 is 2.45 bits per heavy atom. The normalized spacial score (nSPS) is 11.7. The van der Waals surface area contributed by atoms with E-state index in [0.717, 1.165) is 11.3 Å². The van der Waals surface area contributed by atoms with Crippen LogP contribution < -0.4 is 11.5 Å². The van der Waals surface area contributed by atoms with Crippen LogP contribution in [0.25, 0.3) is 0 Å². The zero-order valence-electron chi connectivity index (χ0n) is 5.39. The quantitative estimate of drug-likeness (QED) is 0.612. The predicted molar refractivity (Wildman–Crippen MR) is 40.6 cm³/mol. The van der Waals surface area contributed by atoms with E-state index < -0.39 is 15.7 Å². The molecular weight excluding hydrogens is 188 g/mol. The first-order valence-corrected chi connectivity index (χ1v) is 5.05. The van der Waals surface area contributed by atoms with Gasteiger partial charge >= 0.3 is 0 Å². The zero-order valence-corrected chi connectivity index (χ0v) is 7.02. The van der Waals surface area contributed by atoms with Crippen molar-refractivity contribution in [3.8, 4) is 0 Å². The van der Waals surface area contributed by atoms with Crippen LogP contribution in [0.2, 0.25) is 0 Å². The molecule has 4 N–H and O–H groups in total. The number of rotatable bonds is 2. The van der Waals surface area contributed by atoms with Crippen molar-refractivity contribution in [3.63, 3.8) is 0 Å². The largest absolute Gasteiger partial charge is 0.374 e. The van der Waals surface area contributed by atoms with Gasteiger partial charge in [0.15, 0.2) is 0 Å². The second-order valence-corrected chi connectivity index (χ2v) is 4.90. The SMILES string of the molecule is NCS(=O)(=O)c1nnc(N)s1. The number of nitrogens with zero attached hydrogens (tertiary/aromatic N) is 2. The van der Waals surface area contributed by atoms with Crippen LogP contribution in [0.3, 0.4) is 0 Å². The van der Waals surface area contributed by atoms with Gasteiger partial charge in [-0.25, -0.2) is 8.42 Å². The average Bonchev–Trinajstić information content (AvgIpc) is 2.36. The number of hydrogen-bond donors (Lipinski definition) is 2. The van der Waals surface area contributed by atoms with Crippen LogP contribution in [0, 0.1) is 0 Å². The fourth-order valence-electron chi connectivity index (χ4n) is 0.417. The highest BCUT2D eigenvalue weighted by atomic mass is 32.2. The monoisotopic (exact) mass is 194 g/mol. The van der Waals surface area contributed by atoms with Crippen LogP contribution in [-0.4, -0.2) is 24.5 Å². The molecule has 0 amide bonds. The summed E-state index contributed by atoms with van der Waals surface area (Å²) in [5.74, 6) is -0.471. The highest BCUT2D eigenvalue weighted by Gasteiger charge is 2.16.